The molecule has 22 heavy (non-hydrogen) atoms. The SMILES string of the molecule is Cc1ccc(C(=O)Nc2ccc(CS(N)(=O)=O)cc2)cc1F. The van der Waals surface area contributed by atoms with Crippen LogP contribution in [-0.4, -0.2) is 14.3 Å². The van der Waals surface area contributed by atoms with E-state index in [-0.39, 0.29) is 11.3 Å². The first-order chi connectivity index (χ1) is 10.2. The van der Waals surface area contributed by atoms with E-state index in [2.05, 4.69) is 5.32 Å². The van der Waals surface area contributed by atoms with Crippen molar-refractivity contribution in [2.24, 2.45) is 5.14 Å². The maximum absolute atomic E-state index is 13.4. The van der Waals surface area contributed by atoms with Crippen LogP contribution in [0, 0.1) is 12.7 Å². The fraction of sp³-hybridized carbons (Fsp3) is 0.133. The molecule has 2 aromatic carbocycles. The molecule has 0 radical (unpaired) electrons. The topological polar surface area (TPSA) is 89.3 Å². The lowest BCUT2D eigenvalue weighted by molar-refractivity contribution is 0.102. The number of anilines is 1. The predicted molar refractivity (Wildman–Crippen MR) is 82.3 cm³/mol. The zero-order valence-corrected chi connectivity index (χ0v) is 12.7. The number of amides is 1. The van der Waals surface area contributed by atoms with E-state index < -0.39 is 21.7 Å². The number of aryl methyl sites for hydroxylation is 1. The molecule has 5 nitrogen and oxygen atoms in total. The molecular formula is C15H15FN2O3S. The second-order valence-electron chi connectivity index (χ2n) is 4.92. The van der Waals surface area contributed by atoms with Crippen LogP contribution in [0.25, 0.3) is 0 Å². The Labute approximate surface area is 128 Å². The largest absolute Gasteiger partial charge is 0.322 e. The Kier molecular flexibility index (Phi) is 4.58. The maximum Gasteiger partial charge on any atom is 0.255 e. The normalized spacial score (nSPS) is 11.2. The van der Waals surface area contributed by atoms with E-state index in [1.165, 1.54) is 18.2 Å². The lowest BCUT2D eigenvalue weighted by Crippen LogP contribution is -2.15. The third-order valence-corrected chi connectivity index (χ3v) is 3.75. The van der Waals surface area contributed by atoms with Gasteiger partial charge in [-0.3, -0.25) is 4.79 Å². The molecule has 116 valence electrons. The van der Waals surface area contributed by atoms with Gasteiger partial charge < -0.3 is 5.32 Å². The van der Waals surface area contributed by atoms with Gasteiger partial charge in [0.15, 0.2) is 0 Å². The second kappa shape index (κ2) is 6.25. The fourth-order valence-corrected chi connectivity index (χ4v) is 2.51. The zero-order valence-electron chi connectivity index (χ0n) is 11.8. The summed E-state index contributed by atoms with van der Waals surface area (Å²) in [6, 6.07) is 10.4. The number of rotatable bonds is 4. The highest BCUT2D eigenvalue weighted by molar-refractivity contribution is 7.88. The van der Waals surface area contributed by atoms with Crippen molar-refractivity contribution >= 4 is 21.6 Å². The lowest BCUT2D eigenvalue weighted by atomic mass is 10.1. The number of hydrogen-bond acceptors (Lipinski definition) is 3. The smallest absolute Gasteiger partial charge is 0.255 e. The van der Waals surface area contributed by atoms with Gasteiger partial charge in [0.25, 0.3) is 5.91 Å². The molecule has 0 saturated heterocycles. The summed E-state index contributed by atoms with van der Waals surface area (Å²) in [6.45, 7) is 1.61. The van der Waals surface area contributed by atoms with Gasteiger partial charge in [0, 0.05) is 11.3 Å². The summed E-state index contributed by atoms with van der Waals surface area (Å²) >= 11 is 0. The van der Waals surface area contributed by atoms with Crippen LogP contribution in [0.15, 0.2) is 42.5 Å². The molecule has 7 heteroatoms. The number of benzene rings is 2. The minimum absolute atomic E-state index is 0.205. The van der Waals surface area contributed by atoms with Gasteiger partial charge in [0.1, 0.15) is 5.82 Å². The highest BCUT2D eigenvalue weighted by Gasteiger charge is 2.09. The van der Waals surface area contributed by atoms with Crippen LogP contribution >= 0.6 is 0 Å². The highest BCUT2D eigenvalue weighted by atomic mass is 32.2. The Hall–Kier alpha value is -2.25. The van der Waals surface area contributed by atoms with E-state index in [9.17, 15) is 17.6 Å². The predicted octanol–water partition coefficient (Wildman–Crippen LogP) is 2.17. The van der Waals surface area contributed by atoms with E-state index in [1.807, 2.05) is 0 Å². The third kappa shape index (κ3) is 4.37. The van der Waals surface area contributed by atoms with Crippen LogP contribution in [0.3, 0.4) is 0 Å². The summed E-state index contributed by atoms with van der Waals surface area (Å²) in [6.07, 6.45) is 0. The molecule has 0 aliphatic carbocycles. The molecule has 0 saturated carbocycles. The van der Waals surface area contributed by atoms with Gasteiger partial charge in [0.2, 0.25) is 10.0 Å². The minimum Gasteiger partial charge on any atom is -0.322 e. The van der Waals surface area contributed by atoms with E-state index in [4.69, 9.17) is 5.14 Å². The van der Waals surface area contributed by atoms with Crippen molar-refractivity contribution in [3.63, 3.8) is 0 Å². The quantitative estimate of drug-likeness (QED) is 0.904. The standard InChI is InChI=1S/C15H15FN2O3S/c1-10-2-5-12(8-14(10)16)15(19)18-13-6-3-11(4-7-13)9-22(17,20)21/h2-8H,9H2,1H3,(H,18,19)(H2,17,20,21). The Balaban J connectivity index is 2.10. The summed E-state index contributed by atoms with van der Waals surface area (Å²) in [7, 11) is -3.59. The summed E-state index contributed by atoms with van der Waals surface area (Å²) in [5.74, 6) is -1.17. The molecule has 0 bridgehead atoms. The number of carbonyl (C=O) groups excluding carboxylic acids is 1. The van der Waals surface area contributed by atoms with Gasteiger partial charge in [-0.1, -0.05) is 18.2 Å². The van der Waals surface area contributed by atoms with E-state index in [1.54, 1.807) is 31.2 Å². The Morgan fingerprint density at radius 3 is 2.36 bits per heavy atom. The van der Waals surface area contributed by atoms with Crippen LogP contribution in [-0.2, 0) is 15.8 Å². The number of nitrogens with one attached hydrogen (secondary N) is 1. The molecule has 2 aromatic rings. The van der Waals surface area contributed by atoms with Crippen LogP contribution < -0.4 is 10.5 Å². The van der Waals surface area contributed by atoms with Crippen LogP contribution in [0.4, 0.5) is 10.1 Å². The van der Waals surface area contributed by atoms with Gasteiger partial charge in [0.05, 0.1) is 5.75 Å². The number of carbonyl (C=O) groups is 1. The van der Waals surface area contributed by atoms with Crippen molar-refractivity contribution in [1.29, 1.82) is 0 Å². The zero-order chi connectivity index (χ0) is 16.3. The monoisotopic (exact) mass is 322 g/mol. The molecule has 2 rings (SSSR count). The third-order valence-electron chi connectivity index (χ3n) is 3.01. The second-order valence-corrected chi connectivity index (χ2v) is 6.54. The summed E-state index contributed by atoms with van der Waals surface area (Å²) in [4.78, 5) is 12.0. The molecule has 0 atom stereocenters. The first-order valence-corrected chi connectivity index (χ1v) is 8.13. The first-order valence-electron chi connectivity index (χ1n) is 6.41. The average molecular weight is 322 g/mol. The number of nitrogens with two attached hydrogens (primary N) is 1. The van der Waals surface area contributed by atoms with E-state index in [0.29, 0.717) is 16.8 Å². The van der Waals surface area contributed by atoms with Crippen LogP contribution in [0.5, 0.6) is 0 Å². The van der Waals surface area contributed by atoms with Crippen LogP contribution in [0.1, 0.15) is 21.5 Å². The Bertz CT molecular complexity index is 802. The first kappa shape index (κ1) is 16.1. The average Bonchev–Trinajstić information content (AvgIpc) is 2.42. The van der Waals surface area contributed by atoms with Crippen LogP contribution in [0.2, 0.25) is 0 Å². The van der Waals surface area contributed by atoms with Crippen molar-refractivity contribution in [1.82, 2.24) is 0 Å². The van der Waals surface area contributed by atoms with Crippen molar-refractivity contribution in [3.8, 4) is 0 Å². The molecule has 0 fully saturated rings. The highest BCUT2D eigenvalue weighted by Crippen LogP contribution is 2.14. The van der Waals surface area contributed by atoms with Crippen molar-refractivity contribution < 1.29 is 17.6 Å². The Morgan fingerprint density at radius 2 is 1.82 bits per heavy atom. The molecule has 0 unspecified atom stereocenters. The summed E-state index contributed by atoms with van der Waals surface area (Å²) in [5.41, 5.74) is 1.66. The number of primary sulfonamides is 1. The molecule has 0 aliphatic heterocycles. The summed E-state index contributed by atoms with van der Waals surface area (Å²) in [5, 5.41) is 7.56. The van der Waals surface area contributed by atoms with E-state index >= 15 is 0 Å². The molecule has 0 heterocycles. The molecule has 3 N–H and O–H groups in total. The fourth-order valence-electron chi connectivity index (χ4n) is 1.85. The van der Waals surface area contributed by atoms with Gasteiger partial charge >= 0.3 is 0 Å². The number of sulfonamides is 1. The molecular weight excluding hydrogens is 307 g/mol. The molecule has 1 amide bonds. The molecule has 0 aromatic heterocycles. The van der Waals surface area contributed by atoms with Crippen molar-refractivity contribution in [3.05, 3.63) is 65.0 Å². The van der Waals surface area contributed by atoms with Gasteiger partial charge in [-0.2, -0.15) is 0 Å². The minimum atomic E-state index is -3.59. The Morgan fingerprint density at radius 1 is 1.18 bits per heavy atom. The number of halogens is 1. The summed E-state index contributed by atoms with van der Waals surface area (Å²) < 4.78 is 35.4. The molecule has 0 spiro atoms. The van der Waals surface area contributed by atoms with Gasteiger partial charge in [-0.15, -0.1) is 0 Å². The number of hydrogen-bond donors (Lipinski definition) is 2. The molecule has 0 aliphatic rings. The van der Waals surface area contributed by atoms with Crippen molar-refractivity contribution in [2.75, 3.05) is 5.32 Å². The lowest BCUT2D eigenvalue weighted by Gasteiger charge is -2.07. The maximum atomic E-state index is 13.4. The van der Waals surface area contributed by atoms with Gasteiger partial charge in [-0.25, -0.2) is 17.9 Å². The van der Waals surface area contributed by atoms with E-state index in [0.717, 1.165) is 0 Å². The van der Waals surface area contributed by atoms with Gasteiger partial charge in [-0.05, 0) is 42.3 Å². The van der Waals surface area contributed by atoms with Crippen molar-refractivity contribution in [2.45, 2.75) is 12.7 Å².